The van der Waals surface area contributed by atoms with Crippen molar-refractivity contribution in [2.24, 2.45) is 0 Å². The van der Waals surface area contributed by atoms with Gasteiger partial charge in [0.2, 0.25) is 10.0 Å². The number of sulfonamides is 1. The van der Waals surface area contributed by atoms with E-state index in [0.717, 1.165) is 5.56 Å². The molecule has 24 heavy (non-hydrogen) atoms. The second kappa shape index (κ2) is 8.06. The quantitative estimate of drug-likeness (QED) is 0.807. The Labute approximate surface area is 142 Å². The fourth-order valence-electron chi connectivity index (χ4n) is 2.49. The fourth-order valence-corrected chi connectivity index (χ4v) is 3.90. The summed E-state index contributed by atoms with van der Waals surface area (Å²) in [5.41, 5.74) is 1.73. The molecule has 0 radical (unpaired) electrons. The number of nitriles is 1. The predicted molar refractivity (Wildman–Crippen MR) is 92.4 cm³/mol. The van der Waals surface area contributed by atoms with Crippen LogP contribution in [0.1, 0.15) is 36.1 Å². The highest BCUT2D eigenvalue weighted by Gasteiger charge is 2.19. The van der Waals surface area contributed by atoms with E-state index in [-0.39, 0.29) is 12.2 Å². The zero-order valence-corrected chi connectivity index (χ0v) is 14.2. The van der Waals surface area contributed by atoms with Crippen molar-refractivity contribution in [2.75, 3.05) is 0 Å². The number of aliphatic hydroxyl groups excluding tert-OH is 1. The number of nitrogens with zero attached hydrogens (tertiary/aromatic N) is 1. The average molecular weight is 344 g/mol. The zero-order chi connectivity index (χ0) is 17.6. The Morgan fingerprint density at radius 2 is 1.88 bits per heavy atom. The standard InChI is InChI=1S/C18H20N2O3S/c1-14(10-18(21)17-8-3-2-4-9-17)20-24(22,23)13-16-7-5-6-15(11-16)12-19/h2-9,11,14,18,20-21H,10,13H2,1H3. The second-order valence-electron chi connectivity index (χ2n) is 5.75. The first kappa shape index (κ1) is 18.1. The fraction of sp³-hybridized carbons (Fsp3) is 0.278. The van der Waals surface area contributed by atoms with E-state index in [1.165, 1.54) is 0 Å². The summed E-state index contributed by atoms with van der Waals surface area (Å²) in [5.74, 6) is -0.200. The first-order chi connectivity index (χ1) is 11.4. The molecule has 0 aromatic heterocycles. The maximum absolute atomic E-state index is 12.3. The van der Waals surface area contributed by atoms with Crippen molar-refractivity contribution in [3.8, 4) is 6.07 Å². The molecule has 0 aliphatic heterocycles. The molecular formula is C18H20N2O3S. The van der Waals surface area contributed by atoms with Gasteiger partial charge in [-0.25, -0.2) is 13.1 Å². The third-order valence-electron chi connectivity index (χ3n) is 3.55. The molecule has 0 aliphatic carbocycles. The first-order valence-electron chi connectivity index (χ1n) is 7.61. The van der Waals surface area contributed by atoms with E-state index in [4.69, 9.17) is 5.26 Å². The zero-order valence-electron chi connectivity index (χ0n) is 13.4. The molecule has 0 aliphatic rings. The van der Waals surface area contributed by atoms with Crippen LogP contribution in [-0.2, 0) is 15.8 Å². The molecule has 2 aromatic rings. The lowest BCUT2D eigenvalue weighted by Crippen LogP contribution is -2.34. The molecule has 0 saturated carbocycles. The summed E-state index contributed by atoms with van der Waals surface area (Å²) < 4.78 is 27.1. The SMILES string of the molecule is CC(CC(O)c1ccccc1)NS(=O)(=O)Cc1cccc(C#N)c1. The molecular weight excluding hydrogens is 324 g/mol. The average Bonchev–Trinajstić information content (AvgIpc) is 2.54. The lowest BCUT2D eigenvalue weighted by molar-refractivity contribution is 0.158. The Balaban J connectivity index is 1.97. The molecule has 2 N–H and O–H groups in total. The largest absolute Gasteiger partial charge is 0.388 e. The van der Waals surface area contributed by atoms with Crippen molar-refractivity contribution < 1.29 is 13.5 Å². The number of benzene rings is 2. The van der Waals surface area contributed by atoms with E-state index in [1.54, 1.807) is 43.3 Å². The number of hydrogen-bond donors (Lipinski definition) is 2. The van der Waals surface area contributed by atoms with Gasteiger partial charge in [-0.2, -0.15) is 5.26 Å². The van der Waals surface area contributed by atoms with E-state index >= 15 is 0 Å². The summed E-state index contributed by atoms with van der Waals surface area (Å²) in [4.78, 5) is 0. The number of rotatable bonds is 7. The summed E-state index contributed by atoms with van der Waals surface area (Å²) in [7, 11) is -3.56. The van der Waals surface area contributed by atoms with Gasteiger partial charge in [0.15, 0.2) is 0 Å². The van der Waals surface area contributed by atoms with Gasteiger partial charge in [0.05, 0.1) is 23.5 Å². The van der Waals surface area contributed by atoms with E-state index in [9.17, 15) is 13.5 Å². The lowest BCUT2D eigenvalue weighted by Gasteiger charge is -2.18. The van der Waals surface area contributed by atoms with Gasteiger partial charge in [0, 0.05) is 6.04 Å². The van der Waals surface area contributed by atoms with E-state index in [2.05, 4.69) is 4.72 Å². The molecule has 2 atom stereocenters. The van der Waals surface area contributed by atoms with Crippen LogP contribution >= 0.6 is 0 Å². The molecule has 0 fully saturated rings. The van der Waals surface area contributed by atoms with Gasteiger partial charge < -0.3 is 5.11 Å². The van der Waals surface area contributed by atoms with E-state index < -0.39 is 22.2 Å². The first-order valence-corrected chi connectivity index (χ1v) is 9.27. The highest BCUT2D eigenvalue weighted by atomic mass is 32.2. The van der Waals surface area contributed by atoms with Crippen LogP contribution in [0.2, 0.25) is 0 Å². The van der Waals surface area contributed by atoms with Gasteiger partial charge in [-0.1, -0.05) is 42.5 Å². The van der Waals surface area contributed by atoms with Crippen LogP contribution in [0.5, 0.6) is 0 Å². The summed E-state index contributed by atoms with van der Waals surface area (Å²) in [6, 6.07) is 17.2. The van der Waals surface area contributed by atoms with Crippen LogP contribution < -0.4 is 4.72 Å². The second-order valence-corrected chi connectivity index (χ2v) is 7.51. The molecule has 5 nitrogen and oxygen atoms in total. The molecule has 126 valence electrons. The lowest BCUT2D eigenvalue weighted by atomic mass is 10.0. The smallest absolute Gasteiger partial charge is 0.216 e. The molecule has 0 amide bonds. The molecule has 0 heterocycles. The molecule has 0 saturated heterocycles. The number of nitrogens with one attached hydrogen (secondary N) is 1. The Hall–Kier alpha value is -2.20. The van der Waals surface area contributed by atoms with Crippen molar-refractivity contribution in [3.63, 3.8) is 0 Å². The monoisotopic (exact) mass is 344 g/mol. The maximum atomic E-state index is 12.3. The van der Waals surface area contributed by atoms with Crippen molar-refractivity contribution in [3.05, 3.63) is 71.3 Å². The highest BCUT2D eigenvalue weighted by molar-refractivity contribution is 7.88. The minimum absolute atomic E-state index is 0.200. The van der Waals surface area contributed by atoms with Crippen LogP contribution in [0.15, 0.2) is 54.6 Å². The van der Waals surface area contributed by atoms with Crippen LogP contribution in [0, 0.1) is 11.3 Å². The van der Waals surface area contributed by atoms with Crippen LogP contribution in [0.25, 0.3) is 0 Å². The Morgan fingerprint density at radius 3 is 2.54 bits per heavy atom. The van der Waals surface area contributed by atoms with Gasteiger partial charge >= 0.3 is 0 Å². The van der Waals surface area contributed by atoms with Crippen LogP contribution in [-0.4, -0.2) is 19.6 Å². The summed E-state index contributed by atoms with van der Waals surface area (Å²) in [6.07, 6.45) is -0.451. The predicted octanol–water partition coefficient (Wildman–Crippen LogP) is 2.49. The molecule has 6 heteroatoms. The molecule has 0 spiro atoms. The Kier molecular flexibility index (Phi) is 6.10. The van der Waals surface area contributed by atoms with Gasteiger partial charge in [-0.15, -0.1) is 0 Å². The molecule has 2 unspecified atom stereocenters. The van der Waals surface area contributed by atoms with Crippen LogP contribution in [0.4, 0.5) is 0 Å². The minimum atomic E-state index is -3.56. The highest BCUT2D eigenvalue weighted by Crippen LogP contribution is 2.18. The summed E-state index contributed by atoms with van der Waals surface area (Å²) in [5, 5.41) is 19.0. The van der Waals surface area contributed by atoms with E-state index in [1.807, 2.05) is 24.3 Å². The maximum Gasteiger partial charge on any atom is 0.216 e. The topological polar surface area (TPSA) is 90.2 Å². The third-order valence-corrected chi connectivity index (χ3v) is 5.03. The molecule has 2 rings (SSSR count). The van der Waals surface area contributed by atoms with Crippen molar-refractivity contribution in [1.82, 2.24) is 4.72 Å². The molecule has 2 aromatic carbocycles. The van der Waals surface area contributed by atoms with Gasteiger partial charge in [-0.3, -0.25) is 0 Å². The summed E-state index contributed by atoms with van der Waals surface area (Å²) in [6.45, 7) is 1.72. The van der Waals surface area contributed by atoms with E-state index in [0.29, 0.717) is 11.1 Å². The number of hydrogen-bond acceptors (Lipinski definition) is 4. The van der Waals surface area contributed by atoms with Crippen molar-refractivity contribution in [1.29, 1.82) is 5.26 Å². The Morgan fingerprint density at radius 1 is 1.17 bits per heavy atom. The third kappa shape index (κ3) is 5.46. The van der Waals surface area contributed by atoms with Crippen molar-refractivity contribution in [2.45, 2.75) is 31.2 Å². The summed E-state index contributed by atoms with van der Waals surface area (Å²) >= 11 is 0. The van der Waals surface area contributed by atoms with Gasteiger partial charge in [-0.05, 0) is 36.6 Å². The minimum Gasteiger partial charge on any atom is -0.388 e. The van der Waals surface area contributed by atoms with Crippen LogP contribution in [0.3, 0.4) is 0 Å². The van der Waals surface area contributed by atoms with Crippen molar-refractivity contribution >= 4 is 10.0 Å². The van der Waals surface area contributed by atoms with Gasteiger partial charge in [0.25, 0.3) is 0 Å². The Bertz CT molecular complexity index is 814. The molecule has 0 bridgehead atoms. The van der Waals surface area contributed by atoms with Gasteiger partial charge in [0.1, 0.15) is 0 Å². The normalized spacial score (nSPS) is 13.9. The number of aliphatic hydroxyl groups is 1.